The molecule has 1 rings (SSSR count). The van der Waals surface area contributed by atoms with E-state index in [9.17, 15) is 9.90 Å². The SMILES string of the molecule is O=C(O)C=CC=CC=CC=CC=CCCC(O)CCCCC1CO1. The zero-order valence-electron chi connectivity index (χ0n) is 14.1. The third-order valence-electron chi connectivity index (χ3n) is 3.54. The fourth-order valence-corrected chi connectivity index (χ4v) is 2.12. The summed E-state index contributed by atoms with van der Waals surface area (Å²) in [6, 6.07) is 0. The second-order valence-corrected chi connectivity index (χ2v) is 5.75. The van der Waals surface area contributed by atoms with Gasteiger partial charge in [0.05, 0.1) is 18.8 Å². The number of aliphatic hydroxyl groups is 1. The monoisotopic (exact) mass is 332 g/mol. The van der Waals surface area contributed by atoms with Crippen LogP contribution in [0.4, 0.5) is 0 Å². The normalized spacial score (nSPS) is 19.5. The third-order valence-corrected chi connectivity index (χ3v) is 3.54. The van der Waals surface area contributed by atoms with Gasteiger partial charge in [-0.3, -0.25) is 0 Å². The smallest absolute Gasteiger partial charge is 0.328 e. The maximum absolute atomic E-state index is 10.2. The van der Waals surface area contributed by atoms with Gasteiger partial charge in [0.25, 0.3) is 0 Å². The summed E-state index contributed by atoms with van der Waals surface area (Å²) in [5.41, 5.74) is 0. The number of rotatable bonds is 13. The largest absolute Gasteiger partial charge is 0.478 e. The molecule has 0 spiro atoms. The second kappa shape index (κ2) is 13.5. The van der Waals surface area contributed by atoms with E-state index in [1.165, 1.54) is 6.08 Å². The third kappa shape index (κ3) is 13.7. The van der Waals surface area contributed by atoms with Crippen LogP contribution in [-0.2, 0) is 9.53 Å². The minimum absolute atomic E-state index is 0.206. The summed E-state index contributed by atoms with van der Waals surface area (Å²) in [6.45, 7) is 0.925. The molecule has 132 valence electrons. The highest BCUT2D eigenvalue weighted by Gasteiger charge is 2.21. The van der Waals surface area contributed by atoms with Crippen molar-refractivity contribution >= 4 is 5.97 Å². The quantitative estimate of drug-likeness (QED) is 0.232. The van der Waals surface area contributed by atoms with Crippen molar-refractivity contribution in [3.63, 3.8) is 0 Å². The fourth-order valence-electron chi connectivity index (χ4n) is 2.12. The first kappa shape index (κ1) is 20.1. The fraction of sp³-hybridized carbons (Fsp3) is 0.450. The number of allylic oxidation sites excluding steroid dienone is 9. The van der Waals surface area contributed by atoms with E-state index in [0.29, 0.717) is 6.10 Å². The van der Waals surface area contributed by atoms with Crippen LogP contribution in [0.25, 0.3) is 0 Å². The lowest BCUT2D eigenvalue weighted by atomic mass is 10.1. The highest BCUT2D eigenvalue weighted by atomic mass is 16.6. The number of carboxylic acid groups (broad SMARTS) is 1. The van der Waals surface area contributed by atoms with Crippen molar-refractivity contribution in [1.82, 2.24) is 0 Å². The number of hydrogen-bond acceptors (Lipinski definition) is 3. The van der Waals surface area contributed by atoms with Crippen molar-refractivity contribution in [2.45, 2.75) is 50.7 Å². The highest BCUT2D eigenvalue weighted by Crippen LogP contribution is 2.18. The van der Waals surface area contributed by atoms with E-state index in [0.717, 1.165) is 51.2 Å². The average Bonchev–Trinajstić information content (AvgIpc) is 3.36. The molecule has 24 heavy (non-hydrogen) atoms. The lowest BCUT2D eigenvalue weighted by molar-refractivity contribution is -0.131. The van der Waals surface area contributed by atoms with Gasteiger partial charge < -0.3 is 14.9 Å². The Bertz CT molecular complexity index is 482. The predicted molar refractivity (Wildman–Crippen MR) is 96.8 cm³/mol. The lowest BCUT2D eigenvalue weighted by Crippen LogP contribution is -2.05. The predicted octanol–water partition coefficient (Wildman–Crippen LogP) is 3.95. The van der Waals surface area contributed by atoms with Crippen LogP contribution in [0.5, 0.6) is 0 Å². The van der Waals surface area contributed by atoms with Crippen LogP contribution in [0.1, 0.15) is 38.5 Å². The molecule has 1 saturated heterocycles. The van der Waals surface area contributed by atoms with Crippen LogP contribution in [0.2, 0.25) is 0 Å². The van der Waals surface area contributed by atoms with E-state index < -0.39 is 5.97 Å². The van der Waals surface area contributed by atoms with Crippen molar-refractivity contribution in [2.75, 3.05) is 6.61 Å². The number of unbranched alkanes of at least 4 members (excludes halogenated alkanes) is 1. The van der Waals surface area contributed by atoms with Crippen molar-refractivity contribution in [3.8, 4) is 0 Å². The molecule has 1 aliphatic heterocycles. The summed E-state index contributed by atoms with van der Waals surface area (Å²) in [7, 11) is 0. The molecule has 0 aromatic carbocycles. The zero-order valence-corrected chi connectivity index (χ0v) is 14.1. The van der Waals surface area contributed by atoms with Crippen molar-refractivity contribution in [3.05, 3.63) is 60.8 Å². The molecule has 2 N–H and O–H groups in total. The van der Waals surface area contributed by atoms with Crippen LogP contribution >= 0.6 is 0 Å². The summed E-state index contributed by atoms with van der Waals surface area (Å²) < 4.78 is 5.16. The lowest BCUT2D eigenvalue weighted by Gasteiger charge is -2.08. The molecular weight excluding hydrogens is 304 g/mol. The summed E-state index contributed by atoms with van der Waals surface area (Å²) in [5.74, 6) is -0.952. The molecule has 1 fully saturated rings. The van der Waals surface area contributed by atoms with Gasteiger partial charge in [-0.2, -0.15) is 0 Å². The molecule has 0 aliphatic carbocycles. The van der Waals surface area contributed by atoms with Gasteiger partial charge in [0.15, 0.2) is 0 Å². The number of aliphatic carboxylic acids is 1. The van der Waals surface area contributed by atoms with Crippen LogP contribution < -0.4 is 0 Å². The van der Waals surface area contributed by atoms with Gasteiger partial charge in [0, 0.05) is 6.08 Å². The van der Waals surface area contributed by atoms with E-state index in [1.54, 1.807) is 12.2 Å². The van der Waals surface area contributed by atoms with E-state index >= 15 is 0 Å². The van der Waals surface area contributed by atoms with Gasteiger partial charge in [0.1, 0.15) is 0 Å². The highest BCUT2D eigenvalue weighted by molar-refractivity contribution is 5.80. The van der Waals surface area contributed by atoms with Gasteiger partial charge in [-0.25, -0.2) is 4.79 Å². The molecular formula is C20H28O4. The first-order valence-corrected chi connectivity index (χ1v) is 8.54. The van der Waals surface area contributed by atoms with Crippen LogP contribution in [-0.4, -0.2) is 35.0 Å². The van der Waals surface area contributed by atoms with Crippen molar-refractivity contribution in [1.29, 1.82) is 0 Å². The summed E-state index contributed by atoms with van der Waals surface area (Å²) >= 11 is 0. The van der Waals surface area contributed by atoms with E-state index in [-0.39, 0.29) is 6.10 Å². The Kier molecular flexibility index (Phi) is 11.3. The number of epoxide rings is 1. The van der Waals surface area contributed by atoms with Gasteiger partial charge in [-0.05, 0) is 25.7 Å². The minimum Gasteiger partial charge on any atom is -0.478 e. The summed E-state index contributed by atoms with van der Waals surface area (Å²) in [5, 5.41) is 18.3. The number of hydrogen-bond donors (Lipinski definition) is 2. The number of ether oxygens (including phenoxy) is 1. The Labute approximate surface area is 144 Å². The van der Waals surface area contributed by atoms with Gasteiger partial charge in [0.2, 0.25) is 0 Å². The first-order valence-electron chi connectivity index (χ1n) is 8.54. The Balaban J connectivity index is 1.97. The number of aliphatic hydroxyl groups excluding tert-OH is 1. The van der Waals surface area contributed by atoms with E-state index in [4.69, 9.17) is 9.84 Å². The molecule has 0 amide bonds. The molecule has 0 radical (unpaired) electrons. The Morgan fingerprint density at radius 2 is 1.62 bits per heavy atom. The van der Waals surface area contributed by atoms with E-state index in [2.05, 4.69) is 6.08 Å². The molecule has 0 saturated carbocycles. The van der Waals surface area contributed by atoms with Crippen LogP contribution in [0.15, 0.2) is 60.8 Å². The molecule has 4 nitrogen and oxygen atoms in total. The van der Waals surface area contributed by atoms with Crippen LogP contribution in [0.3, 0.4) is 0 Å². The molecule has 1 aliphatic rings. The molecule has 0 bridgehead atoms. The molecule has 1 heterocycles. The molecule has 0 aromatic rings. The molecule has 4 heteroatoms. The van der Waals surface area contributed by atoms with E-state index in [1.807, 2.05) is 30.4 Å². The minimum atomic E-state index is -0.952. The number of carboxylic acids is 1. The summed E-state index contributed by atoms with van der Waals surface area (Å²) in [6.07, 6.45) is 23.7. The first-order chi connectivity index (χ1) is 11.7. The van der Waals surface area contributed by atoms with Gasteiger partial charge in [-0.15, -0.1) is 0 Å². The maximum Gasteiger partial charge on any atom is 0.328 e. The van der Waals surface area contributed by atoms with Crippen molar-refractivity contribution in [2.24, 2.45) is 0 Å². The zero-order chi connectivity index (χ0) is 17.5. The Morgan fingerprint density at radius 3 is 2.25 bits per heavy atom. The average molecular weight is 332 g/mol. The molecule has 2 unspecified atom stereocenters. The number of carbonyl (C=O) groups is 1. The Hall–Kier alpha value is -1.91. The molecule has 0 aromatic heterocycles. The topological polar surface area (TPSA) is 70.1 Å². The summed E-state index contributed by atoms with van der Waals surface area (Å²) in [4.78, 5) is 10.2. The maximum atomic E-state index is 10.2. The van der Waals surface area contributed by atoms with Crippen LogP contribution in [0, 0.1) is 0 Å². The van der Waals surface area contributed by atoms with Gasteiger partial charge in [-0.1, -0.05) is 67.5 Å². The standard InChI is InChI=1S/C20H28O4/c21-18(14-11-12-15-19-17-24-19)13-9-7-5-3-1-2-4-6-8-10-16-20(22)23/h1-8,10,16,18-19,21H,9,11-15,17H2,(H,22,23). The molecule has 2 atom stereocenters. The van der Waals surface area contributed by atoms with Gasteiger partial charge >= 0.3 is 5.97 Å². The Morgan fingerprint density at radius 1 is 1.00 bits per heavy atom. The van der Waals surface area contributed by atoms with Crippen molar-refractivity contribution < 1.29 is 19.7 Å². The second-order valence-electron chi connectivity index (χ2n) is 5.75.